The highest BCUT2D eigenvalue weighted by atomic mass is 15.1. The minimum absolute atomic E-state index is 0.175. The highest BCUT2D eigenvalue weighted by molar-refractivity contribution is 5.63. The van der Waals surface area contributed by atoms with Gasteiger partial charge >= 0.3 is 0 Å². The third-order valence-electron chi connectivity index (χ3n) is 4.04. The SMILES string of the molecule is Cc1cccc(C)c1Nc1nccc(NC(C)c2ccccc2)n1. The van der Waals surface area contributed by atoms with Crippen molar-refractivity contribution in [2.24, 2.45) is 0 Å². The molecule has 0 saturated carbocycles. The Bertz CT molecular complexity index is 795. The first-order chi connectivity index (χ1) is 11.6. The number of hydrogen-bond acceptors (Lipinski definition) is 4. The van der Waals surface area contributed by atoms with Crippen LogP contribution in [0.2, 0.25) is 0 Å². The lowest BCUT2D eigenvalue weighted by molar-refractivity contribution is 0.873. The molecule has 3 aromatic rings. The number of para-hydroxylation sites is 1. The van der Waals surface area contributed by atoms with Crippen LogP contribution in [0.5, 0.6) is 0 Å². The predicted molar refractivity (Wildman–Crippen MR) is 99.7 cm³/mol. The highest BCUT2D eigenvalue weighted by Crippen LogP contribution is 2.23. The van der Waals surface area contributed by atoms with Gasteiger partial charge in [-0.25, -0.2) is 4.98 Å². The van der Waals surface area contributed by atoms with Crippen LogP contribution in [0, 0.1) is 13.8 Å². The fourth-order valence-electron chi connectivity index (χ4n) is 2.67. The molecule has 0 spiro atoms. The van der Waals surface area contributed by atoms with Crippen LogP contribution < -0.4 is 10.6 Å². The topological polar surface area (TPSA) is 49.8 Å². The zero-order chi connectivity index (χ0) is 16.9. The second-order valence-corrected chi connectivity index (χ2v) is 5.93. The van der Waals surface area contributed by atoms with E-state index in [1.165, 1.54) is 16.7 Å². The van der Waals surface area contributed by atoms with Crippen molar-refractivity contribution in [3.8, 4) is 0 Å². The Balaban J connectivity index is 1.77. The molecule has 0 bridgehead atoms. The standard InChI is InChI=1S/C20H22N4/c1-14-8-7-9-15(2)19(14)24-20-21-13-12-18(23-20)22-16(3)17-10-5-4-6-11-17/h4-13,16H,1-3H3,(H2,21,22,23,24). The second kappa shape index (κ2) is 7.13. The van der Waals surface area contributed by atoms with E-state index >= 15 is 0 Å². The summed E-state index contributed by atoms with van der Waals surface area (Å²) in [4.78, 5) is 8.92. The molecule has 2 aromatic carbocycles. The molecule has 0 aliphatic carbocycles. The summed E-state index contributed by atoms with van der Waals surface area (Å²) in [6.45, 7) is 6.28. The number of aryl methyl sites for hydroxylation is 2. The van der Waals surface area contributed by atoms with Gasteiger partial charge in [0.1, 0.15) is 5.82 Å². The Kier molecular flexibility index (Phi) is 4.75. The molecule has 0 fully saturated rings. The first kappa shape index (κ1) is 16.0. The summed E-state index contributed by atoms with van der Waals surface area (Å²) in [5.74, 6) is 1.40. The second-order valence-electron chi connectivity index (χ2n) is 5.93. The smallest absolute Gasteiger partial charge is 0.229 e. The first-order valence-corrected chi connectivity index (χ1v) is 8.11. The molecule has 122 valence electrons. The van der Waals surface area contributed by atoms with Gasteiger partial charge in [-0.05, 0) is 43.5 Å². The fourth-order valence-corrected chi connectivity index (χ4v) is 2.67. The lowest BCUT2D eigenvalue weighted by Gasteiger charge is -2.16. The van der Waals surface area contributed by atoms with Gasteiger partial charge < -0.3 is 10.6 Å². The van der Waals surface area contributed by atoms with E-state index in [4.69, 9.17) is 0 Å². The van der Waals surface area contributed by atoms with Gasteiger partial charge in [-0.2, -0.15) is 4.98 Å². The lowest BCUT2D eigenvalue weighted by Crippen LogP contribution is -2.09. The Labute approximate surface area is 143 Å². The van der Waals surface area contributed by atoms with E-state index in [0.29, 0.717) is 5.95 Å². The third-order valence-corrected chi connectivity index (χ3v) is 4.04. The van der Waals surface area contributed by atoms with Crippen LogP contribution in [-0.4, -0.2) is 9.97 Å². The highest BCUT2D eigenvalue weighted by Gasteiger charge is 2.08. The van der Waals surface area contributed by atoms with Crippen LogP contribution in [-0.2, 0) is 0 Å². The largest absolute Gasteiger partial charge is 0.363 e. The summed E-state index contributed by atoms with van der Waals surface area (Å²) >= 11 is 0. The van der Waals surface area contributed by atoms with Gasteiger partial charge in [-0.3, -0.25) is 0 Å². The predicted octanol–water partition coefficient (Wildman–Crippen LogP) is 5.01. The first-order valence-electron chi connectivity index (χ1n) is 8.11. The zero-order valence-corrected chi connectivity index (χ0v) is 14.2. The van der Waals surface area contributed by atoms with Gasteiger partial charge in [-0.1, -0.05) is 48.5 Å². The van der Waals surface area contributed by atoms with Crippen molar-refractivity contribution in [1.29, 1.82) is 0 Å². The molecular formula is C20H22N4. The van der Waals surface area contributed by atoms with Crippen LogP contribution >= 0.6 is 0 Å². The number of rotatable bonds is 5. The van der Waals surface area contributed by atoms with Crippen LogP contribution in [0.15, 0.2) is 60.8 Å². The molecule has 1 aromatic heterocycles. The number of hydrogen-bond donors (Lipinski definition) is 2. The molecule has 2 N–H and O–H groups in total. The molecule has 0 saturated heterocycles. The Morgan fingerprint density at radius 3 is 2.29 bits per heavy atom. The minimum atomic E-state index is 0.175. The zero-order valence-electron chi connectivity index (χ0n) is 14.2. The van der Waals surface area contributed by atoms with Gasteiger partial charge in [-0.15, -0.1) is 0 Å². The van der Waals surface area contributed by atoms with Gasteiger partial charge in [0, 0.05) is 17.9 Å². The van der Waals surface area contributed by atoms with Crippen molar-refractivity contribution in [2.45, 2.75) is 26.8 Å². The van der Waals surface area contributed by atoms with E-state index < -0.39 is 0 Å². The summed E-state index contributed by atoms with van der Waals surface area (Å²) in [6, 6.07) is 18.6. The van der Waals surface area contributed by atoms with E-state index in [-0.39, 0.29) is 6.04 Å². The molecule has 1 heterocycles. The molecule has 0 amide bonds. The number of anilines is 3. The average Bonchev–Trinajstić information content (AvgIpc) is 2.59. The van der Waals surface area contributed by atoms with Crippen molar-refractivity contribution < 1.29 is 0 Å². The molecule has 24 heavy (non-hydrogen) atoms. The van der Waals surface area contributed by atoms with E-state index in [1.54, 1.807) is 6.20 Å². The van der Waals surface area contributed by atoms with Crippen LogP contribution in [0.1, 0.15) is 29.7 Å². The molecule has 0 aliphatic heterocycles. The molecule has 1 unspecified atom stereocenters. The maximum absolute atomic E-state index is 4.58. The fraction of sp³-hybridized carbons (Fsp3) is 0.200. The van der Waals surface area contributed by atoms with E-state index in [9.17, 15) is 0 Å². The quantitative estimate of drug-likeness (QED) is 0.694. The number of nitrogens with zero attached hydrogens (tertiary/aromatic N) is 2. The molecule has 4 nitrogen and oxygen atoms in total. The van der Waals surface area contributed by atoms with E-state index in [2.05, 4.69) is 71.7 Å². The monoisotopic (exact) mass is 318 g/mol. The molecule has 0 radical (unpaired) electrons. The van der Waals surface area contributed by atoms with E-state index in [1.807, 2.05) is 24.3 Å². The Hall–Kier alpha value is -2.88. The summed E-state index contributed by atoms with van der Waals surface area (Å²) < 4.78 is 0. The van der Waals surface area contributed by atoms with Gasteiger partial charge in [0.05, 0.1) is 0 Å². The number of nitrogens with one attached hydrogen (secondary N) is 2. The van der Waals surface area contributed by atoms with Gasteiger partial charge in [0.25, 0.3) is 0 Å². The maximum atomic E-state index is 4.58. The van der Waals surface area contributed by atoms with Crippen LogP contribution in [0.4, 0.5) is 17.5 Å². The number of benzene rings is 2. The average molecular weight is 318 g/mol. The summed E-state index contributed by atoms with van der Waals surface area (Å²) in [5.41, 5.74) is 4.63. The molecule has 3 rings (SSSR count). The minimum Gasteiger partial charge on any atom is -0.363 e. The molecule has 0 aliphatic rings. The summed E-state index contributed by atoms with van der Waals surface area (Å²) in [5, 5.41) is 6.75. The van der Waals surface area contributed by atoms with Gasteiger partial charge in [0.15, 0.2) is 0 Å². The normalized spacial score (nSPS) is 11.8. The van der Waals surface area contributed by atoms with E-state index in [0.717, 1.165) is 11.5 Å². The van der Waals surface area contributed by atoms with Crippen molar-refractivity contribution >= 4 is 17.5 Å². The number of aromatic nitrogens is 2. The van der Waals surface area contributed by atoms with Crippen molar-refractivity contribution in [1.82, 2.24) is 9.97 Å². The molecule has 4 heteroatoms. The van der Waals surface area contributed by atoms with Crippen molar-refractivity contribution in [2.75, 3.05) is 10.6 Å². The summed E-state index contributed by atoms with van der Waals surface area (Å²) in [7, 11) is 0. The molecule has 1 atom stereocenters. The van der Waals surface area contributed by atoms with Crippen molar-refractivity contribution in [3.63, 3.8) is 0 Å². The lowest BCUT2D eigenvalue weighted by atomic mass is 10.1. The summed E-state index contributed by atoms with van der Waals surface area (Å²) in [6.07, 6.45) is 1.77. The Morgan fingerprint density at radius 1 is 0.875 bits per heavy atom. The van der Waals surface area contributed by atoms with Crippen LogP contribution in [0.3, 0.4) is 0 Å². The molecular weight excluding hydrogens is 296 g/mol. The van der Waals surface area contributed by atoms with Crippen LogP contribution in [0.25, 0.3) is 0 Å². The van der Waals surface area contributed by atoms with Gasteiger partial charge in [0.2, 0.25) is 5.95 Å². The maximum Gasteiger partial charge on any atom is 0.229 e. The Morgan fingerprint density at radius 2 is 1.58 bits per heavy atom. The van der Waals surface area contributed by atoms with Crippen molar-refractivity contribution in [3.05, 3.63) is 77.5 Å². The third kappa shape index (κ3) is 3.71.